The van der Waals surface area contributed by atoms with Crippen LogP contribution in [0.5, 0.6) is 0 Å². The Hall–Kier alpha value is -8.12. The van der Waals surface area contributed by atoms with Crippen molar-refractivity contribution in [2.75, 3.05) is 24.6 Å². The number of amides is 9. The van der Waals surface area contributed by atoms with Crippen LogP contribution < -0.4 is 70.0 Å². The van der Waals surface area contributed by atoms with Crippen LogP contribution in [0.1, 0.15) is 97.6 Å². The van der Waals surface area contributed by atoms with Gasteiger partial charge in [-0.3, -0.25) is 54.0 Å². The molecule has 30 heteroatoms. The number of carbonyl (C=O) groups is 10. The molecule has 0 aliphatic rings. The van der Waals surface area contributed by atoms with E-state index >= 15 is 0 Å². The number of aromatic nitrogens is 1. The van der Waals surface area contributed by atoms with E-state index < -0.39 is 131 Å². The molecule has 474 valence electrons. The number of carboxylic acid groups (broad SMARTS) is 1. The summed E-state index contributed by atoms with van der Waals surface area (Å²) in [5, 5.41) is 64.8. The second kappa shape index (κ2) is 36.0. The maximum Gasteiger partial charge on any atom is 0.326 e. The average molecular weight is 1240 g/mol. The fraction of sp³-hybridized carbons (Fsp3) is 0.536. The molecule has 28 nitrogen and oxygen atoms in total. The van der Waals surface area contributed by atoms with Crippen molar-refractivity contribution in [3.8, 4) is 0 Å². The van der Waals surface area contributed by atoms with E-state index in [1.807, 2.05) is 6.92 Å². The molecule has 9 amide bonds. The molecule has 3 aromatic rings. The third kappa shape index (κ3) is 24.5. The lowest BCUT2D eigenvalue weighted by molar-refractivity contribution is -0.145. The van der Waals surface area contributed by atoms with E-state index in [9.17, 15) is 58.2 Å². The van der Waals surface area contributed by atoms with E-state index in [0.29, 0.717) is 34.9 Å². The lowest BCUT2D eigenvalue weighted by Crippen LogP contribution is -2.62. The molecule has 10 atom stereocenters. The van der Waals surface area contributed by atoms with Crippen LogP contribution in [-0.4, -0.2) is 171 Å². The first-order chi connectivity index (χ1) is 40.6. The molecule has 0 fully saturated rings. The van der Waals surface area contributed by atoms with E-state index in [0.717, 1.165) is 0 Å². The highest BCUT2D eigenvalue weighted by Gasteiger charge is 2.38. The zero-order valence-corrected chi connectivity index (χ0v) is 51.1. The van der Waals surface area contributed by atoms with Crippen molar-refractivity contribution in [1.29, 1.82) is 10.8 Å². The number of H-pyrrole nitrogens is 1. The standard InChI is InChI=1S/C56H86N16O12S2/c1-7-8-19-36(64-31(3)74)45(75)65-37(21-14-23-61-54(57)58)46(76)67-39(25-32-16-10-9-11-17-32)48(78)68-40(26-33-27-63-35-20-13-12-18-34(33)35)49(79)69-41(28-85)50(80)70-42(29-86)51(81)71-43(30(2)73)52(82)66-38(22-15-24-62-55(59)60)47(77)72-44(53(83)84)56(4,5)6/h9-13,16-18,20,27,30,36-44,63,73,85-86H,7-8,14-15,19,21-26,28-29H2,1-6H3,(H,64,74)(H,65,75)(H,66,82)(H,67,76)(H,68,78)(H,69,79)(H,70,80)(H,71,81)(H,72,77)(H,83,84)(H4,57,58,61)(H4,59,60,62)/t30-,36+,37+,38+,39+,40+,41-,42+,43+,44-/m1/s1. The third-order valence-electron chi connectivity index (χ3n) is 13.5. The summed E-state index contributed by atoms with van der Waals surface area (Å²) in [7, 11) is 0. The summed E-state index contributed by atoms with van der Waals surface area (Å²) in [5.74, 6) is -10.3. The van der Waals surface area contributed by atoms with Gasteiger partial charge in [0.05, 0.1) is 6.10 Å². The first-order valence-electron chi connectivity index (χ1n) is 28.2. The average Bonchev–Trinajstić information content (AvgIpc) is 4.03. The highest BCUT2D eigenvalue weighted by molar-refractivity contribution is 7.80. The van der Waals surface area contributed by atoms with E-state index in [1.165, 1.54) is 13.8 Å². The molecule has 0 radical (unpaired) electrons. The Kier molecular flexibility index (Phi) is 30.2. The van der Waals surface area contributed by atoms with Gasteiger partial charge in [-0.2, -0.15) is 25.3 Å². The number of guanidine groups is 2. The van der Waals surface area contributed by atoms with Crippen LogP contribution in [0, 0.1) is 16.2 Å². The molecule has 1 aromatic heterocycles. The van der Waals surface area contributed by atoms with Crippen LogP contribution >= 0.6 is 25.3 Å². The Balaban J connectivity index is 1.95. The van der Waals surface area contributed by atoms with Crippen LogP contribution in [0.25, 0.3) is 10.9 Å². The van der Waals surface area contributed by atoms with Crippen molar-refractivity contribution in [1.82, 2.24) is 63.5 Å². The molecule has 0 aliphatic heterocycles. The number of unbranched alkanes of at least 4 members (excludes halogenated alkanes) is 1. The highest BCUT2D eigenvalue weighted by Crippen LogP contribution is 2.21. The van der Waals surface area contributed by atoms with Gasteiger partial charge in [0.2, 0.25) is 53.2 Å². The molecule has 0 unspecified atom stereocenters. The molecule has 0 bridgehead atoms. The maximum atomic E-state index is 14.8. The molecular formula is C56H86N16O12S2. The Labute approximate surface area is 510 Å². The number of benzene rings is 2. The molecule has 2 aromatic carbocycles. The minimum absolute atomic E-state index is 0.00251. The number of fused-ring (bicyclic) bond motifs is 1. The Morgan fingerprint density at radius 2 is 0.988 bits per heavy atom. The van der Waals surface area contributed by atoms with Crippen molar-refractivity contribution < 1.29 is 58.2 Å². The first kappa shape index (κ1) is 72.1. The van der Waals surface area contributed by atoms with E-state index in [1.54, 1.807) is 81.6 Å². The minimum atomic E-state index is -1.76. The second-order valence-corrected chi connectivity index (χ2v) is 22.4. The molecule has 0 saturated heterocycles. The number of thiol groups is 2. The number of hydrogen-bond donors (Lipinski definition) is 20. The smallest absolute Gasteiger partial charge is 0.326 e. The van der Waals surface area contributed by atoms with Crippen molar-refractivity contribution in [3.05, 3.63) is 71.9 Å². The quantitative estimate of drug-likeness (QED) is 0.0135. The molecule has 0 saturated carbocycles. The summed E-state index contributed by atoms with van der Waals surface area (Å²) >= 11 is 8.58. The van der Waals surface area contributed by atoms with E-state index in [4.69, 9.17) is 22.3 Å². The molecular weight excluding hydrogens is 1150 g/mol. The number of hydrogen-bond acceptors (Lipinski definition) is 15. The van der Waals surface area contributed by atoms with Gasteiger partial charge in [-0.25, -0.2) is 4.79 Å². The van der Waals surface area contributed by atoms with Gasteiger partial charge in [-0.05, 0) is 61.6 Å². The van der Waals surface area contributed by atoms with Crippen LogP contribution in [0.2, 0.25) is 0 Å². The van der Waals surface area contributed by atoms with E-state index in [-0.39, 0.29) is 75.7 Å². The van der Waals surface area contributed by atoms with Gasteiger partial charge in [0.1, 0.15) is 54.4 Å². The Bertz CT molecular complexity index is 2820. The van der Waals surface area contributed by atoms with Gasteiger partial charge in [0.25, 0.3) is 0 Å². The first-order valence-corrected chi connectivity index (χ1v) is 29.4. The summed E-state index contributed by atoms with van der Waals surface area (Å²) in [4.78, 5) is 140. The van der Waals surface area contributed by atoms with Crippen LogP contribution in [-0.2, 0) is 60.8 Å². The summed E-state index contributed by atoms with van der Waals surface area (Å²) in [6.45, 7) is 9.36. The van der Waals surface area contributed by atoms with Gasteiger partial charge < -0.3 is 85.1 Å². The third-order valence-corrected chi connectivity index (χ3v) is 14.2. The number of nitrogens with one attached hydrogen (secondary N) is 14. The lowest BCUT2D eigenvalue weighted by Gasteiger charge is -2.30. The number of aliphatic hydroxyl groups is 1. The van der Waals surface area contributed by atoms with Gasteiger partial charge in [-0.15, -0.1) is 0 Å². The van der Waals surface area contributed by atoms with Gasteiger partial charge >= 0.3 is 5.97 Å². The summed E-state index contributed by atoms with van der Waals surface area (Å²) < 4.78 is 0. The molecule has 0 aliphatic carbocycles. The SMILES string of the molecule is CCCC[C@H](NC(C)=O)C(=O)N[C@@H](CCCNC(=N)N)C(=O)N[C@@H](Cc1ccccc1)C(=O)N[C@@H](Cc1c[nH]c2ccccc12)C(=O)N[C@H](CS)C(=O)N[C@@H](CS)C(=O)N[C@H](C(=O)N[C@@H](CCCNC(=N)N)C(=O)N[C@H](C(=O)O)C(C)(C)C)[C@@H](C)O. The molecule has 86 heavy (non-hydrogen) atoms. The summed E-state index contributed by atoms with van der Waals surface area (Å²) in [6, 6.07) is 3.12. The Morgan fingerprint density at radius 3 is 1.47 bits per heavy atom. The predicted octanol–water partition coefficient (Wildman–Crippen LogP) is -1.58. The zero-order chi connectivity index (χ0) is 64.3. The summed E-state index contributed by atoms with van der Waals surface area (Å²) in [6.07, 6.45) is 1.60. The predicted molar refractivity (Wildman–Crippen MR) is 330 cm³/mol. The Morgan fingerprint density at radius 1 is 0.570 bits per heavy atom. The molecule has 3 rings (SSSR count). The normalized spacial score (nSPS) is 14.7. The number of carbonyl (C=O) groups excluding carboxylic acids is 9. The summed E-state index contributed by atoms with van der Waals surface area (Å²) in [5.41, 5.74) is 11.8. The van der Waals surface area contributed by atoms with Gasteiger partial charge in [-0.1, -0.05) is 89.1 Å². The monoisotopic (exact) mass is 1240 g/mol. The molecule has 20 N–H and O–H groups in total. The van der Waals surface area contributed by atoms with Crippen molar-refractivity contribution >= 4 is 107 Å². The van der Waals surface area contributed by atoms with Crippen LogP contribution in [0.3, 0.4) is 0 Å². The number of rotatable bonds is 36. The highest BCUT2D eigenvalue weighted by atomic mass is 32.1. The number of aliphatic carboxylic acids is 1. The number of aliphatic hydroxyl groups excluding tert-OH is 1. The van der Waals surface area contributed by atoms with Crippen molar-refractivity contribution in [2.45, 2.75) is 160 Å². The largest absolute Gasteiger partial charge is 0.480 e. The fourth-order valence-corrected chi connectivity index (χ4v) is 9.38. The number of aromatic amines is 1. The van der Waals surface area contributed by atoms with Crippen LogP contribution in [0.4, 0.5) is 0 Å². The van der Waals surface area contributed by atoms with Crippen molar-refractivity contribution in [2.24, 2.45) is 16.9 Å². The second-order valence-electron chi connectivity index (χ2n) is 21.7. The molecule has 1 heterocycles. The topological polar surface area (TPSA) is 459 Å². The van der Waals surface area contributed by atoms with Crippen molar-refractivity contribution in [3.63, 3.8) is 0 Å². The van der Waals surface area contributed by atoms with Crippen LogP contribution in [0.15, 0.2) is 60.8 Å². The number of para-hydroxylation sites is 1. The minimum Gasteiger partial charge on any atom is -0.480 e. The maximum absolute atomic E-state index is 14.8. The fourth-order valence-electron chi connectivity index (χ4n) is 8.87. The van der Waals surface area contributed by atoms with Gasteiger partial charge in [0.15, 0.2) is 11.9 Å². The molecule has 0 spiro atoms. The van der Waals surface area contributed by atoms with E-state index in [2.05, 4.69) is 88.7 Å². The number of carboxylic acids is 1. The lowest BCUT2D eigenvalue weighted by atomic mass is 9.86. The van der Waals surface area contributed by atoms with Gasteiger partial charge in [0, 0.05) is 61.5 Å². The zero-order valence-electron chi connectivity index (χ0n) is 49.3. The number of nitrogens with two attached hydrogens (primary N) is 2.